The molecule has 8 heteroatoms. The number of amides is 1. The van der Waals surface area contributed by atoms with Crippen molar-refractivity contribution in [3.8, 4) is 0 Å². The molecule has 0 aromatic rings. The van der Waals surface area contributed by atoms with Crippen LogP contribution in [0.1, 0.15) is 19.8 Å². The summed E-state index contributed by atoms with van der Waals surface area (Å²) in [5.41, 5.74) is 0.237. The molecule has 2 unspecified atom stereocenters. The fourth-order valence-corrected chi connectivity index (χ4v) is 2.41. The highest BCUT2D eigenvalue weighted by Gasteiger charge is 2.55. The molecule has 19 heavy (non-hydrogen) atoms. The minimum atomic E-state index is -1.54. The molecule has 3 fully saturated rings. The van der Waals surface area contributed by atoms with Gasteiger partial charge in [-0.05, 0) is 6.92 Å². The van der Waals surface area contributed by atoms with Gasteiger partial charge in [0.15, 0.2) is 12.0 Å². The number of carbonyl (C=O) groups is 3. The summed E-state index contributed by atoms with van der Waals surface area (Å²) in [4.78, 5) is 35.0. The maximum absolute atomic E-state index is 11.7. The fourth-order valence-electron chi connectivity index (χ4n) is 2.41. The van der Waals surface area contributed by atoms with Crippen LogP contribution >= 0.6 is 0 Å². The molecule has 3 aliphatic heterocycles. The summed E-state index contributed by atoms with van der Waals surface area (Å²) < 4.78 is 15.1. The Bertz CT molecular complexity index is 511. The second-order valence-corrected chi connectivity index (χ2v) is 4.58. The number of carboxylic acid groups (broad SMARTS) is 1. The SMILES string of the molecule is CC1CC(=C2O[C@@H]3CC(=O)N3C2OC(=O)O)C(=O)O1. The predicted molar refractivity (Wildman–Crippen MR) is 56.4 cm³/mol. The molecular formula is C11H11NO7. The first-order chi connectivity index (χ1) is 8.97. The zero-order valence-corrected chi connectivity index (χ0v) is 9.99. The number of ether oxygens (including phenoxy) is 3. The van der Waals surface area contributed by atoms with Crippen molar-refractivity contribution in [1.29, 1.82) is 0 Å². The third-order valence-corrected chi connectivity index (χ3v) is 3.24. The van der Waals surface area contributed by atoms with Crippen LogP contribution in [-0.2, 0) is 23.8 Å². The molecule has 3 aliphatic rings. The Morgan fingerprint density at radius 1 is 1.37 bits per heavy atom. The Hall–Kier alpha value is -2.25. The van der Waals surface area contributed by atoms with Gasteiger partial charge in [0, 0.05) is 6.42 Å². The number of hydrogen-bond donors (Lipinski definition) is 1. The van der Waals surface area contributed by atoms with Gasteiger partial charge in [-0.15, -0.1) is 0 Å². The second-order valence-electron chi connectivity index (χ2n) is 4.58. The van der Waals surface area contributed by atoms with Gasteiger partial charge in [0.1, 0.15) is 6.10 Å². The van der Waals surface area contributed by atoms with Crippen LogP contribution in [0.5, 0.6) is 0 Å². The molecule has 0 aromatic heterocycles. The van der Waals surface area contributed by atoms with Gasteiger partial charge in [-0.3, -0.25) is 9.69 Å². The van der Waals surface area contributed by atoms with Crippen LogP contribution in [0.3, 0.4) is 0 Å². The van der Waals surface area contributed by atoms with Crippen LogP contribution in [0.25, 0.3) is 0 Å². The summed E-state index contributed by atoms with van der Waals surface area (Å²) in [6, 6.07) is 0. The molecule has 8 nitrogen and oxygen atoms in total. The lowest BCUT2D eigenvalue weighted by molar-refractivity contribution is -0.164. The summed E-state index contributed by atoms with van der Waals surface area (Å²) in [5.74, 6) is -0.754. The first-order valence-electron chi connectivity index (χ1n) is 5.79. The van der Waals surface area contributed by atoms with E-state index in [1.807, 2.05) is 0 Å². The second kappa shape index (κ2) is 3.87. The van der Waals surface area contributed by atoms with Crippen molar-refractivity contribution < 1.29 is 33.7 Å². The Morgan fingerprint density at radius 2 is 2.11 bits per heavy atom. The Morgan fingerprint density at radius 3 is 2.63 bits per heavy atom. The molecule has 0 saturated carbocycles. The minimum Gasteiger partial charge on any atom is -0.467 e. The number of β-lactam (4-membered cyclic amide) rings is 1. The predicted octanol–water partition coefficient (Wildman–Crippen LogP) is 0.185. The Balaban J connectivity index is 1.95. The highest BCUT2D eigenvalue weighted by atomic mass is 16.7. The average molecular weight is 269 g/mol. The summed E-state index contributed by atoms with van der Waals surface area (Å²) in [6.07, 6.45) is -3.11. The fraction of sp³-hybridized carbons (Fsp3) is 0.545. The molecule has 0 spiro atoms. The molecule has 3 rings (SSSR count). The van der Waals surface area contributed by atoms with Crippen LogP contribution in [0, 0.1) is 0 Å². The van der Waals surface area contributed by atoms with Gasteiger partial charge in [-0.2, -0.15) is 0 Å². The number of rotatable bonds is 1. The van der Waals surface area contributed by atoms with Gasteiger partial charge < -0.3 is 19.3 Å². The van der Waals surface area contributed by atoms with Crippen molar-refractivity contribution in [1.82, 2.24) is 4.90 Å². The summed E-state index contributed by atoms with van der Waals surface area (Å²) in [7, 11) is 0. The van der Waals surface area contributed by atoms with Gasteiger partial charge in [0.25, 0.3) is 0 Å². The van der Waals surface area contributed by atoms with E-state index < -0.39 is 24.6 Å². The number of nitrogens with zero attached hydrogens (tertiary/aromatic N) is 1. The maximum Gasteiger partial charge on any atom is 0.508 e. The Kier molecular flexibility index (Phi) is 2.41. The number of fused-ring (bicyclic) bond motifs is 1. The summed E-state index contributed by atoms with van der Waals surface area (Å²) in [5, 5.41) is 8.71. The van der Waals surface area contributed by atoms with Crippen LogP contribution in [-0.4, -0.2) is 46.6 Å². The zero-order valence-electron chi connectivity index (χ0n) is 9.99. The van der Waals surface area contributed by atoms with Crippen LogP contribution in [0.4, 0.5) is 4.79 Å². The van der Waals surface area contributed by atoms with Crippen LogP contribution in [0.15, 0.2) is 11.3 Å². The minimum absolute atomic E-state index is 0.0765. The molecule has 102 valence electrons. The number of hydrogen-bond acceptors (Lipinski definition) is 6. The lowest BCUT2D eigenvalue weighted by Crippen LogP contribution is -2.53. The number of cyclic esters (lactones) is 1. The molecule has 3 saturated heterocycles. The van der Waals surface area contributed by atoms with Crippen molar-refractivity contribution >= 4 is 18.0 Å². The highest BCUT2D eigenvalue weighted by molar-refractivity contribution is 5.92. The van der Waals surface area contributed by atoms with E-state index in [0.29, 0.717) is 6.42 Å². The van der Waals surface area contributed by atoms with E-state index in [4.69, 9.17) is 14.6 Å². The molecule has 1 N–H and O–H groups in total. The van der Waals surface area contributed by atoms with Gasteiger partial charge in [0.2, 0.25) is 12.1 Å². The third-order valence-electron chi connectivity index (χ3n) is 3.24. The van der Waals surface area contributed by atoms with Crippen LogP contribution in [0.2, 0.25) is 0 Å². The topological polar surface area (TPSA) is 102 Å². The van der Waals surface area contributed by atoms with Crippen molar-refractivity contribution in [3.05, 3.63) is 11.3 Å². The van der Waals surface area contributed by atoms with Crippen LogP contribution < -0.4 is 0 Å². The molecule has 0 bridgehead atoms. The van der Waals surface area contributed by atoms with Crippen molar-refractivity contribution in [2.45, 2.75) is 38.3 Å². The van der Waals surface area contributed by atoms with Crippen molar-refractivity contribution in [2.75, 3.05) is 0 Å². The van der Waals surface area contributed by atoms with E-state index in [-0.39, 0.29) is 29.8 Å². The van der Waals surface area contributed by atoms with Gasteiger partial charge in [0.05, 0.1) is 12.0 Å². The lowest BCUT2D eigenvalue weighted by Gasteiger charge is -2.33. The third kappa shape index (κ3) is 1.71. The van der Waals surface area contributed by atoms with E-state index in [2.05, 4.69) is 4.74 Å². The lowest BCUT2D eigenvalue weighted by atomic mass is 10.1. The molecule has 0 aliphatic carbocycles. The van der Waals surface area contributed by atoms with Crippen molar-refractivity contribution in [3.63, 3.8) is 0 Å². The standard InChI is InChI=1S/C11H11NO7/c1-4-2-5(10(14)17-4)8-9(19-11(15)16)12-6(13)3-7(12)18-8/h4,7,9H,2-3H2,1H3,(H,15,16)/t4?,7-,9?/m1/s1. The van der Waals surface area contributed by atoms with E-state index >= 15 is 0 Å². The molecule has 0 radical (unpaired) electrons. The average Bonchev–Trinajstić information content (AvgIpc) is 2.74. The monoisotopic (exact) mass is 269 g/mol. The highest BCUT2D eigenvalue weighted by Crippen LogP contribution is 2.40. The summed E-state index contributed by atoms with van der Waals surface area (Å²) >= 11 is 0. The summed E-state index contributed by atoms with van der Waals surface area (Å²) in [6.45, 7) is 1.72. The number of esters is 1. The first kappa shape index (κ1) is 11.8. The first-order valence-corrected chi connectivity index (χ1v) is 5.79. The molecule has 3 atom stereocenters. The number of carbonyl (C=O) groups excluding carboxylic acids is 2. The van der Waals surface area contributed by atoms with Gasteiger partial charge in [-0.25, -0.2) is 9.59 Å². The zero-order chi connectivity index (χ0) is 13.7. The van der Waals surface area contributed by atoms with E-state index in [9.17, 15) is 14.4 Å². The molecule has 1 amide bonds. The quantitative estimate of drug-likeness (QED) is 0.411. The van der Waals surface area contributed by atoms with E-state index in [1.165, 1.54) is 4.90 Å². The van der Waals surface area contributed by atoms with E-state index in [0.717, 1.165) is 0 Å². The molecule has 0 aromatic carbocycles. The normalized spacial score (nSPS) is 36.5. The smallest absolute Gasteiger partial charge is 0.467 e. The molecular weight excluding hydrogens is 258 g/mol. The van der Waals surface area contributed by atoms with Gasteiger partial charge >= 0.3 is 12.1 Å². The maximum atomic E-state index is 11.7. The van der Waals surface area contributed by atoms with Gasteiger partial charge in [-0.1, -0.05) is 0 Å². The van der Waals surface area contributed by atoms with Crippen molar-refractivity contribution in [2.24, 2.45) is 0 Å². The Labute approximate surface area is 107 Å². The van der Waals surface area contributed by atoms with E-state index in [1.54, 1.807) is 6.92 Å². The molecule has 3 heterocycles. The largest absolute Gasteiger partial charge is 0.508 e.